The first-order valence-electron chi connectivity index (χ1n) is 24.5. The standard InChI is InChI=1S/C62H57N7/c1-41(2)38-64-61-66-50(35-34-45-28-15-25-42-18-9-12-31-51(42)45)36-54(67-61)59-57(46-21-5-3-6-22-46)60(58(59)47-23-7-4-8-24-47)55-37-56(63-39-48-29-16-26-43-19-10-13-32-52(43)48)69-62(68-55)65-40-49-30-17-27-44-20-11-14-33-53(44)49/h3-33,36-37,41,57-60H,34-35,38-40H2,1-2H3,(H,64,66,67)(H2,63,65,68,69)/t57-,58-,59?,60?/m1/s1. The lowest BCUT2D eigenvalue weighted by atomic mass is 9.50. The Kier molecular flexibility index (Phi) is 12.5. The molecule has 2 aromatic heterocycles. The molecule has 69 heavy (non-hydrogen) atoms. The summed E-state index contributed by atoms with van der Waals surface area (Å²) in [7, 11) is 0. The van der Waals surface area contributed by atoms with Crippen LogP contribution < -0.4 is 16.0 Å². The highest BCUT2D eigenvalue weighted by atomic mass is 15.1. The number of hydrogen-bond donors (Lipinski definition) is 3. The van der Waals surface area contributed by atoms with Crippen molar-refractivity contribution in [2.75, 3.05) is 22.5 Å². The second-order valence-electron chi connectivity index (χ2n) is 18.9. The van der Waals surface area contributed by atoms with Crippen LogP contribution in [0.2, 0.25) is 0 Å². The van der Waals surface area contributed by atoms with Gasteiger partial charge < -0.3 is 16.0 Å². The van der Waals surface area contributed by atoms with Gasteiger partial charge >= 0.3 is 0 Å². The molecule has 0 bridgehead atoms. The summed E-state index contributed by atoms with van der Waals surface area (Å²) in [5, 5.41) is 18.6. The van der Waals surface area contributed by atoms with Crippen molar-refractivity contribution >= 4 is 50.0 Å². The molecule has 0 aliphatic heterocycles. The van der Waals surface area contributed by atoms with Crippen LogP contribution in [0.5, 0.6) is 0 Å². The molecule has 2 heterocycles. The Morgan fingerprint density at radius 3 is 1.39 bits per heavy atom. The van der Waals surface area contributed by atoms with E-state index in [9.17, 15) is 0 Å². The highest BCUT2D eigenvalue weighted by Crippen LogP contribution is 2.66. The van der Waals surface area contributed by atoms with Gasteiger partial charge in [0.2, 0.25) is 11.9 Å². The molecule has 7 heteroatoms. The fourth-order valence-electron chi connectivity index (χ4n) is 10.7. The van der Waals surface area contributed by atoms with Crippen LogP contribution in [-0.4, -0.2) is 26.5 Å². The van der Waals surface area contributed by atoms with Gasteiger partial charge in [0.05, 0.1) is 11.4 Å². The first-order chi connectivity index (χ1) is 34.0. The Bertz CT molecular complexity index is 3210. The minimum atomic E-state index is 0.000169. The highest BCUT2D eigenvalue weighted by Gasteiger charge is 2.54. The maximum atomic E-state index is 5.50. The number of fused-ring (bicyclic) bond motifs is 3. The summed E-state index contributed by atoms with van der Waals surface area (Å²) in [4.78, 5) is 21.3. The van der Waals surface area contributed by atoms with Crippen molar-refractivity contribution in [1.82, 2.24) is 19.9 Å². The lowest BCUT2D eigenvalue weighted by Crippen LogP contribution is -2.41. The van der Waals surface area contributed by atoms with Crippen LogP contribution in [0.15, 0.2) is 200 Å². The molecule has 1 aliphatic carbocycles. The Morgan fingerprint density at radius 2 is 0.841 bits per heavy atom. The number of nitrogens with zero attached hydrogens (tertiary/aromatic N) is 4. The first kappa shape index (κ1) is 43.7. The summed E-state index contributed by atoms with van der Waals surface area (Å²) in [6.45, 7) is 6.44. The smallest absolute Gasteiger partial charge is 0.225 e. The van der Waals surface area contributed by atoms with Gasteiger partial charge in [-0.2, -0.15) is 4.98 Å². The van der Waals surface area contributed by atoms with Crippen molar-refractivity contribution in [3.63, 3.8) is 0 Å². The third-order valence-electron chi connectivity index (χ3n) is 14.0. The molecule has 0 amide bonds. The minimum absolute atomic E-state index is 0.000169. The van der Waals surface area contributed by atoms with Crippen LogP contribution in [0.25, 0.3) is 32.3 Å². The molecule has 340 valence electrons. The number of aromatic nitrogens is 4. The van der Waals surface area contributed by atoms with Crippen molar-refractivity contribution in [3.05, 3.63) is 245 Å². The van der Waals surface area contributed by atoms with Gasteiger partial charge in [0.1, 0.15) is 5.82 Å². The van der Waals surface area contributed by atoms with Gasteiger partial charge in [-0.1, -0.05) is 202 Å². The summed E-state index contributed by atoms with van der Waals surface area (Å²) in [5.74, 6) is 2.66. The van der Waals surface area contributed by atoms with Crippen LogP contribution in [0.1, 0.15) is 82.4 Å². The topological polar surface area (TPSA) is 87.7 Å². The number of anilines is 3. The van der Waals surface area contributed by atoms with Crippen molar-refractivity contribution in [3.8, 4) is 0 Å². The van der Waals surface area contributed by atoms with E-state index in [1.54, 1.807) is 0 Å². The third kappa shape index (κ3) is 9.38. The molecule has 2 atom stereocenters. The molecule has 8 aromatic carbocycles. The van der Waals surface area contributed by atoms with Gasteiger partial charge in [-0.05, 0) is 85.0 Å². The molecule has 1 fully saturated rings. The average molecular weight is 900 g/mol. The van der Waals surface area contributed by atoms with Crippen LogP contribution >= 0.6 is 0 Å². The van der Waals surface area contributed by atoms with Gasteiger partial charge in [0.25, 0.3) is 0 Å². The largest absolute Gasteiger partial charge is 0.366 e. The van der Waals surface area contributed by atoms with Gasteiger partial charge in [-0.15, -0.1) is 0 Å². The molecular weight excluding hydrogens is 843 g/mol. The van der Waals surface area contributed by atoms with E-state index in [1.165, 1.54) is 60.1 Å². The SMILES string of the molecule is CC(C)CNc1nc(CCc2cccc3ccccc23)cc(C2[C@@H](c3ccccc3)C(c3cc(NCc4cccc5ccccc45)nc(NCc4cccc5ccccc45)n3)[C@@H]2c2ccccc2)n1. The minimum Gasteiger partial charge on any atom is -0.366 e. The van der Waals surface area contributed by atoms with E-state index in [4.69, 9.17) is 19.9 Å². The second kappa shape index (κ2) is 19.7. The molecule has 7 nitrogen and oxygen atoms in total. The number of aryl methyl sites for hydroxylation is 2. The normalized spacial score (nSPS) is 16.7. The molecule has 3 N–H and O–H groups in total. The zero-order valence-electron chi connectivity index (χ0n) is 39.3. The number of nitrogens with one attached hydrogen (secondary N) is 3. The van der Waals surface area contributed by atoms with Crippen LogP contribution in [0.4, 0.5) is 17.7 Å². The highest BCUT2D eigenvalue weighted by molar-refractivity contribution is 5.87. The molecule has 0 radical (unpaired) electrons. The van der Waals surface area contributed by atoms with E-state index < -0.39 is 0 Å². The summed E-state index contributed by atoms with van der Waals surface area (Å²) in [5.41, 5.74) is 9.37. The lowest BCUT2D eigenvalue weighted by molar-refractivity contribution is 0.220. The molecule has 1 aliphatic rings. The number of benzene rings is 8. The molecule has 11 rings (SSSR count). The zero-order valence-corrected chi connectivity index (χ0v) is 39.3. The summed E-state index contributed by atoms with van der Waals surface area (Å²) in [6, 6.07) is 72.0. The van der Waals surface area contributed by atoms with Crippen molar-refractivity contribution < 1.29 is 0 Å². The molecule has 10 aromatic rings. The van der Waals surface area contributed by atoms with Crippen molar-refractivity contribution in [2.45, 2.75) is 63.5 Å². The molecule has 0 spiro atoms. The predicted molar refractivity (Wildman–Crippen MR) is 285 cm³/mol. The average Bonchev–Trinajstić information content (AvgIpc) is 3.39. The maximum Gasteiger partial charge on any atom is 0.225 e. The number of hydrogen-bond acceptors (Lipinski definition) is 7. The number of rotatable bonds is 16. The van der Waals surface area contributed by atoms with Crippen LogP contribution in [-0.2, 0) is 25.9 Å². The van der Waals surface area contributed by atoms with Crippen LogP contribution in [0, 0.1) is 5.92 Å². The van der Waals surface area contributed by atoms with E-state index in [0.717, 1.165) is 42.3 Å². The van der Waals surface area contributed by atoms with Crippen LogP contribution in [0.3, 0.4) is 0 Å². The fraction of sp³-hybridized carbons (Fsp3) is 0.194. The Labute approximate surface area is 405 Å². The van der Waals surface area contributed by atoms with Gasteiger partial charge in [-0.3, -0.25) is 0 Å². The van der Waals surface area contributed by atoms with Gasteiger partial charge in [0.15, 0.2) is 0 Å². The fourth-order valence-corrected chi connectivity index (χ4v) is 10.7. The summed E-state index contributed by atoms with van der Waals surface area (Å²) < 4.78 is 0. The zero-order chi connectivity index (χ0) is 46.5. The lowest BCUT2D eigenvalue weighted by Gasteiger charge is -2.52. The maximum absolute atomic E-state index is 5.50. The molecule has 0 unspecified atom stereocenters. The Morgan fingerprint density at radius 1 is 0.391 bits per heavy atom. The van der Waals surface area contributed by atoms with E-state index in [2.05, 4.69) is 230 Å². The third-order valence-corrected chi connectivity index (χ3v) is 14.0. The molecular formula is C62H57N7. The van der Waals surface area contributed by atoms with E-state index in [-0.39, 0.29) is 23.7 Å². The first-order valence-corrected chi connectivity index (χ1v) is 24.5. The molecule has 1 saturated carbocycles. The quantitative estimate of drug-likeness (QED) is 0.0890. The summed E-state index contributed by atoms with van der Waals surface area (Å²) in [6.07, 6.45) is 1.67. The molecule has 0 saturated heterocycles. The van der Waals surface area contributed by atoms with E-state index in [1.807, 2.05) is 0 Å². The Balaban J connectivity index is 1.01. The Hall–Kier alpha value is -7.90. The van der Waals surface area contributed by atoms with E-state index in [0.29, 0.717) is 30.9 Å². The van der Waals surface area contributed by atoms with Crippen molar-refractivity contribution in [1.29, 1.82) is 0 Å². The predicted octanol–water partition coefficient (Wildman–Crippen LogP) is 14.3. The summed E-state index contributed by atoms with van der Waals surface area (Å²) >= 11 is 0. The van der Waals surface area contributed by atoms with Crippen molar-refractivity contribution in [2.24, 2.45) is 5.92 Å². The van der Waals surface area contributed by atoms with Gasteiger partial charge in [-0.25, -0.2) is 15.0 Å². The van der Waals surface area contributed by atoms with Gasteiger partial charge in [0, 0.05) is 55.1 Å². The van der Waals surface area contributed by atoms with E-state index >= 15 is 0 Å². The monoisotopic (exact) mass is 899 g/mol. The second-order valence-corrected chi connectivity index (χ2v) is 18.9.